The molecule has 0 unspecified atom stereocenters. The number of hydrogen-bond acceptors (Lipinski definition) is 5. The second-order valence-corrected chi connectivity index (χ2v) is 14.4. The Labute approximate surface area is 215 Å². The minimum absolute atomic E-state index is 0.439. The minimum atomic E-state index is 0.439. The molecule has 0 aromatic carbocycles. The molecule has 0 saturated carbocycles. The first-order valence-corrected chi connectivity index (χ1v) is 15.2. The molecule has 5 heteroatoms. The van der Waals surface area contributed by atoms with Crippen LogP contribution in [0.4, 0.5) is 0 Å². The van der Waals surface area contributed by atoms with Crippen molar-refractivity contribution in [3.05, 3.63) is 48.3 Å². The molecule has 7 heterocycles. The van der Waals surface area contributed by atoms with Crippen LogP contribution in [0.5, 0.6) is 0 Å². The number of hydrogen-bond donors (Lipinski definition) is 0. The zero-order valence-corrected chi connectivity index (χ0v) is 22.3. The van der Waals surface area contributed by atoms with Crippen molar-refractivity contribution in [1.82, 2.24) is 9.80 Å². The van der Waals surface area contributed by atoms with E-state index in [-0.39, 0.29) is 0 Å². The van der Waals surface area contributed by atoms with Gasteiger partial charge in [-0.15, -0.1) is 0 Å². The van der Waals surface area contributed by atoms with E-state index < -0.39 is 0 Å². The Bertz CT molecular complexity index is 927. The van der Waals surface area contributed by atoms with Gasteiger partial charge in [0.25, 0.3) is 0 Å². The molecule has 2 aromatic heterocycles. The van der Waals surface area contributed by atoms with Crippen LogP contribution in [0.15, 0.2) is 46.0 Å². The number of furan rings is 2. The summed E-state index contributed by atoms with van der Waals surface area (Å²) in [7, 11) is 0. The third-order valence-corrected chi connectivity index (χ3v) is 12.7. The normalized spacial score (nSPS) is 44.5. The second kappa shape index (κ2) is 8.70. The second-order valence-electron chi connectivity index (χ2n) is 13.0. The summed E-state index contributed by atoms with van der Waals surface area (Å²) in [5, 5.41) is 0. The molecule has 5 aliphatic heterocycles. The summed E-state index contributed by atoms with van der Waals surface area (Å²) in [6.07, 6.45) is 20.0. The zero-order valence-electron chi connectivity index (χ0n) is 21.5. The average Bonchev–Trinajstić information content (AvgIpc) is 3.63. The summed E-state index contributed by atoms with van der Waals surface area (Å²) < 4.78 is 11.5. The van der Waals surface area contributed by atoms with Gasteiger partial charge in [0.2, 0.25) is 0 Å². The Balaban J connectivity index is 1.13. The molecule has 8 atom stereocenters. The molecule has 5 saturated heterocycles. The Morgan fingerprint density at radius 2 is 1.37 bits per heavy atom. The fraction of sp³-hybridized carbons (Fsp3) is 0.733. The van der Waals surface area contributed by atoms with Gasteiger partial charge in [-0.05, 0) is 87.2 Å². The predicted octanol–water partition coefficient (Wildman–Crippen LogP) is 7.31. The highest BCUT2D eigenvalue weighted by atomic mass is 32.2. The number of fused-ring (bicyclic) bond motifs is 2. The van der Waals surface area contributed by atoms with Gasteiger partial charge < -0.3 is 8.83 Å². The van der Waals surface area contributed by atoms with Crippen molar-refractivity contribution < 1.29 is 8.83 Å². The molecule has 0 amide bonds. The Morgan fingerprint density at radius 3 is 1.97 bits per heavy atom. The Kier molecular flexibility index (Phi) is 5.71. The first-order valence-electron chi connectivity index (χ1n) is 14.2. The zero-order chi connectivity index (χ0) is 23.6. The molecule has 0 radical (unpaired) electrons. The lowest BCUT2D eigenvalue weighted by atomic mass is 9.67. The predicted molar refractivity (Wildman–Crippen MR) is 141 cm³/mol. The van der Waals surface area contributed by atoms with Gasteiger partial charge >= 0.3 is 0 Å². The fourth-order valence-corrected chi connectivity index (χ4v) is 10.9. The number of nitrogens with zero attached hydrogens (tertiary/aromatic N) is 2. The molecule has 5 fully saturated rings. The maximum absolute atomic E-state index is 5.54. The van der Waals surface area contributed by atoms with E-state index in [4.69, 9.17) is 8.83 Å². The van der Waals surface area contributed by atoms with Crippen LogP contribution in [0.1, 0.15) is 94.8 Å². The van der Waals surface area contributed by atoms with Crippen LogP contribution in [0, 0.1) is 17.3 Å². The van der Waals surface area contributed by atoms with Crippen molar-refractivity contribution in [1.29, 1.82) is 0 Å². The first kappa shape index (κ1) is 23.0. The van der Waals surface area contributed by atoms with Crippen molar-refractivity contribution >= 4 is 11.8 Å². The Hall–Kier alpha value is -1.17. The van der Waals surface area contributed by atoms with Gasteiger partial charge in [-0.1, -0.05) is 13.8 Å². The molecule has 35 heavy (non-hydrogen) atoms. The van der Waals surface area contributed by atoms with Gasteiger partial charge in [0.15, 0.2) is 0 Å². The van der Waals surface area contributed by atoms with Crippen LogP contribution in [0.25, 0.3) is 0 Å². The smallest absolute Gasteiger partial charge is 0.0950 e. The number of piperidine rings is 4. The van der Waals surface area contributed by atoms with Crippen molar-refractivity contribution in [2.24, 2.45) is 17.3 Å². The molecule has 7 rings (SSSR count). The van der Waals surface area contributed by atoms with Crippen LogP contribution < -0.4 is 0 Å². The third-order valence-electron chi connectivity index (χ3n) is 10.8. The van der Waals surface area contributed by atoms with Crippen molar-refractivity contribution in [3.63, 3.8) is 0 Å². The standard InChI is InChI=1S/C30H42N2O2S/c1-21-3-5-27(23-9-13-33-15-23)31-18-29(11-7-25(21)31)17-30(35-20-29)12-8-26-22(2)4-6-28(32(26)19-30)24-10-14-34-16-24/h9-10,13-16,21-22,25-28H,3-8,11-12,17-20H2,1-2H3/t21-,22-,25-,26-,27-,28-,29-,30-/m0/s1. The lowest BCUT2D eigenvalue weighted by Crippen LogP contribution is -2.57. The summed E-state index contributed by atoms with van der Waals surface area (Å²) in [5.41, 5.74) is 3.30. The van der Waals surface area contributed by atoms with Crippen LogP contribution >= 0.6 is 11.8 Å². The lowest BCUT2D eigenvalue weighted by Gasteiger charge is -2.55. The van der Waals surface area contributed by atoms with E-state index in [1.807, 2.05) is 25.1 Å². The SMILES string of the molecule is C[C@H]1CC[C@@H](c2ccoc2)N2C[C@@]3(CC[C@@H]12)CS[C@@]1(CC[C@H]2[C@@H](C)CC[C@@H](c4ccoc4)N2C1)C3. The minimum Gasteiger partial charge on any atom is -0.472 e. The summed E-state index contributed by atoms with van der Waals surface area (Å²) in [6.45, 7) is 7.56. The molecule has 2 aromatic rings. The number of thioether (sulfide) groups is 1. The van der Waals surface area contributed by atoms with E-state index in [1.54, 1.807) is 0 Å². The topological polar surface area (TPSA) is 32.8 Å². The van der Waals surface area contributed by atoms with E-state index in [9.17, 15) is 0 Å². The summed E-state index contributed by atoms with van der Waals surface area (Å²) in [6, 6.07) is 7.04. The molecule has 0 N–H and O–H groups in total. The van der Waals surface area contributed by atoms with Crippen molar-refractivity contribution in [2.75, 3.05) is 18.8 Å². The van der Waals surface area contributed by atoms with Crippen LogP contribution in [-0.4, -0.2) is 45.5 Å². The molecular weight excluding hydrogens is 452 g/mol. The van der Waals surface area contributed by atoms with Gasteiger partial charge in [0.1, 0.15) is 0 Å². The molecular formula is C30H42N2O2S. The van der Waals surface area contributed by atoms with Crippen LogP contribution in [0.3, 0.4) is 0 Å². The largest absolute Gasteiger partial charge is 0.472 e. The van der Waals surface area contributed by atoms with E-state index in [1.165, 1.54) is 87.8 Å². The highest BCUT2D eigenvalue weighted by Crippen LogP contribution is 2.60. The van der Waals surface area contributed by atoms with E-state index >= 15 is 0 Å². The average molecular weight is 495 g/mol. The molecule has 2 spiro atoms. The molecule has 0 bridgehead atoms. The third kappa shape index (κ3) is 3.87. The maximum atomic E-state index is 5.54. The molecule has 5 aliphatic rings. The summed E-state index contributed by atoms with van der Waals surface area (Å²) >= 11 is 2.36. The van der Waals surface area contributed by atoms with Gasteiger partial charge in [0, 0.05) is 58.9 Å². The lowest BCUT2D eigenvalue weighted by molar-refractivity contribution is -0.0454. The monoisotopic (exact) mass is 494 g/mol. The summed E-state index contributed by atoms with van der Waals surface area (Å²) in [4.78, 5) is 5.86. The first-order chi connectivity index (χ1) is 17.0. The molecule has 4 nitrogen and oxygen atoms in total. The maximum Gasteiger partial charge on any atom is 0.0950 e. The van der Waals surface area contributed by atoms with Crippen LogP contribution in [-0.2, 0) is 0 Å². The highest BCUT2D eigenvalue weighted by molar-refractivity contribution is 8.01. The van der Waals surface area contributed by atoms with Gasteiger partial charge in [0.05, 0.1) is 25.1 Å². The van der Waals surface area contributed by atoms with Crippen molar-refractivity contribution in [3.8, 4) is 0 Å². The summed E-state index contributed by atoms with van der Waals surface area (Å²) in [5.74, 6) is 2.99. The van der Waals surface area contributed by atoms with Gasteiger partial charge in [-0.25, -0.2) is 0 Å². The number of rotatable bonds is 2. The Morgan fingerprint density at radius 1 is 0.771 bits per heavy atom. The van der Waals surface area contributed by atoms with Gasteiger partial charge in [-0.2, -0.15) is 11.8 Å². The van der Waals surface area contributed by atoms with Gasteiger partial charge in [-0.3, -0.25) is 9.80 Å². The molecule has 190 valence electrons. The fourth-order valence-electron chi connectivity index (χ4n) is 9.03. The van der Waals surface area contributed by atoms with Crippen LogP contribution in [0.2, 0.25) is 0 Å². The van der Waals surface area contributed by atoms with E-state index in [2.05, 4.69) is 47.5 Å². The quantitative estimate of drug-likeness (QED) is 0.437. The highest BCUT2D eigenvalue weighted by Gasteiger charge is 2.56. The van der Waals surface area contributed by atoms with E-state index in [0.717, 1.165) is 23.9 Å². The molecule has 0 aliphatic carbocycles. The van der Waals surface area contributed by atoms with E-state index in [0.29, 0.717) is 22.2 Å². The van der Waals surface area contributed by atoms with Crippen molar-refractivity contribution in [2.45, 2.75) is 101 Å².